The molecule has 0 aliphatic rings. The first-order valence-corrected chi connectivity index (χ1v) is 8.67. The predicted octanol–water partition coefficient (Wildman–Crippen LogP) is 3.42. The molecule has 128 valence electrons. The fourth-order valence-electron chi connectivity index (χ4n) is 2.07. The maximum atomic E-state index is 12.0. The molecule has 2 rings (SSSR count). The van der Waals surface area contributed by atoms with Crippen molar-refractivity contribution in [2.75, 3.05) is 6.61 Å². The third-order valence-electron chi connectivity index (χ3n) is 3.33. The van der Waals surface area contributed by atoms with Gasteiger partial charge in [0.05, 0.1) is 9.90 Å². The molecule has 0 atom stereocenters. The van der Waals surface area contributed by atoms with E-state index in [-0.39, 0.29) is 12.5 Å². The van der Waals surface area contributed by atoms with Crippen LogP contribution in [0, 0.1) is 13.8 Å². The van der Waals surface area contributed by atoms with Crippen molar-refractivity contribution >= 4 is 34.8 Å². The Morgan fingerprint density at radius 2 is 1.96 bits per heavy atom. The summed E-state index contributed by atoms with van der Waals surface area (Å²) in [6, 6.07) is 7.11. The van der Waals surface area contributed by atoms with Gasteiger partial charge in [-0.25, -0.2) is 0 Å². The number of thiophene rings is 1. The van der Waals surface area contributed by atoms with Crippen molar-refractivity contribution in [3.8, 4) is 5.75 Å². The number of benzene rings is 1. The molecule has 1 heterocycles. The number of nitrogens with one attached hydrogen (secondary N) is 2. The van der Waals surface area contributed by atoms with E-state index < -0.39 is 5.91 Å². The van der Waals surface area contributed by atoms with Crippen molar-refractivity contribution in [1.29, 1.82) is 0 Å². The van der Waals surface area contributed by atoms with Crippen LogP contribution in [0.25, 0.3) is 0 Å². The van der Waals surface area contributed by atoms with Gasteiger partial charge in [-0.1, -0.05) is 24.6 Å². The lowest BCUT2D eigenvalue weighted by Gasteiger charge is -2.09. The molecule has 1 aromatic carbocycles. The van der Waals surface area contributed by atoms with Crippen molar-refractivity contribution in [2.24, 2.45) is 0 Å². The zero-order valence-corrected chi connectivity index (χ0v) is 15.3. The average Bonchev–Trinajstić information content (AvgIpc) is 2.94. The van der Waals surface area contributed by atoms with Gasteiger partial charge in [0.2, 0.25) is 0 Å². The van der Waals surface area contributed by atoms with E-state index in [1.807, 2.05) is 32.9 Å². The highest BCUT2D eigenvalue weighted by atomic mass is 35.5. The summed E-state index contributed by atoms with van der Waals surface area (Å²) in [6.07, 6.45) is 0.876. The lowest BCUT2D eigenvalue weighted by Crippen LogP contribution is -2.43. The number of amides is 2. The van der Waals surface area contributed by atoms with E-state index >= 15 is 0 Å². The second-order valence-electron chi connectivity index (χ2n) is 5.30. The van der Waals surface area contributed by atoms with Gasteiger partial charge in [0, 0.05) is 4.88 Å². The molecule has 2 aromatic rings. The fraction of sp³-hybridized carbons (Fsp3) is 0.294. The van der Waals surface area contributed by atoms with Gasteiger partial charge in [0.25, 0.3) is 11.8 Å². The van der Waals surface area contributed by atoms with Gasteiger partial charge in [-0.2, -0.15) is 0 Å². The largest absolute Gasteiger partial charge is 0.482 e. The Labute approximate surface area is 149 Å². The van der Waals surface area contributed by atoms with Gasteiger partial charge in [0.1, 0.15) is 5.75 Å². The molecule has 1 aromatic heterocycles. The first-order chi connectivity index (χ1) is 11.4. The molecular formula is C17H19ClN2O3S. The molecule has 0 saturated carbocycles. The molecule has 24 heavy (non-hydrogen) atoms. The second-order valence-corrected chi connectivity index (χ2v) is 6.84. The predicted molar refractivity (Wildman–Crippen MR) is 95.7 cm³/mol. The Balaban J connectivity index is 1.84. The molecule has 2 amide bonds. The van der Waals surface area contributed by atoms with E-state index in [0.29, 0.717) is 15.6 Å². The van der Waals surface area contributed by atoms with Gasteiger partial charge in [-0.05, 0) is 49.6 Å². The minimum atomic E-state index is -0.468. The average molecular weight is 367 g/mol. The quantitative estimate of drug-likeness (QED) is 0.797. The van der Waals surface area contributed by atoms with E-state index in [1.165, 1.54) is 11.3 Å². The first-order valence-electron chi connectivity index (χ1n) is 7.48. The van der Waals surface area contributed by atoms with E-state index in [9.17, 15) is 9.59 Å². The SMILES string of the molecule is CCc1sc(C(=O)NNC(=O)COc2cc(C)ccc2Cl)cc1C. The molecule has 0 bridgehead atoms. The van der Waals surface area contributed by atoms with E-state index in [2.05, 4.69) is 10.9 Å². The maximum absolute atomic E-state index is 12.0. The summed E-state index contributed by atoms with van der Waals surface area (Å²) in [5, 5.41) is 0.429. The van der Waals surface area contributed by atoms with Crippen LogP contribution in [-0.2, 0) is 11.2 Å². The van der Waals surface area contributed by atoms with Crippen LogP contribution in [0.4, 0.5) is 0 Å². The highest BCUT2D eigenvalue weighted by Gasteiger charge is 2.13. The van der Waals surface area contributed by atoms with Gasteiger partial charge in [-0.15, -0.1) is 11.3 Å². The number of hydrogen-bond donors (Lipinski definition) is 2. The van der Waals surface area contributed by atoms with Crippen LogP contribution in [0.5, 0.6) is 5.75 Å². The summed E-state index contributed by atoms with van der Waals surface area (Å²) in [6.45, 7) is 5.66. The van der Waals surface area contributed by atoms with Crippen molar-refractivity contribution in [1.82, 2.24) is 10.9 Å². The summed E-state index contributed by atoms with van der Waals surface area (Å²) < 4.78 is 5.37. The Kier molecular flexibility index (Phi) is 6.23. The van der Waals surface area contributed by atoms with E-state index in [0.717, 1.165) is 22.4 Å². The van der Waals surface area contributed by atoms with E-state index in [4.69, 9.17) is 16.3 Å². The summed E-state index contributed by atoms with van der Waals surface area (Å²) in [7, 11) is 0. The Bertz CT molecular complexity index is 758. The second kappa shape index (κ2) is 8.17. The summed E-state index contributed by atoms with van der Waals surface area (Å²) in [5.74, 6) is -0.380. The standard InChI is InChI=1S/C17H19ClN2O3S/c1-4-14-11(3)8-15(24-14)17(22)20-19-16(21)9-23-13-7-10(2)5-6-12(13)18/h5-8H,4,9H2,1-3H3,(H,19,21)(H,20,22). The van der Waals surface area contributed by atoms with Crippen LogP contribution < -0.4 is 15.6 Å². The third-order valence-corrected chi connectivity index (χ3v) is 5.02. The van der Waals surface area contributed by atoms with Crippen LogP contribution in [0.2, 0.25) is 5.02 Å². The molecule has 2 N–H and O–H groups in total. The molecule has 0 spiro atoms. The minimum absolute atomic E-state index is 0.243. The molecule has 7 heteroatoms. The zero-order chi connectivity index (χ0) is 17.7. The molecule has 5 nitrogen and oxygen atoms in total. The van der Waals surface area contributed by atoms with E-state index in [1.54, 1.807) is 12.1 Å². The Morgan fingerprint density at radius 1 is 1.21 bits per heavy atom. The van der Waals surface area contributed by atoms with Gasteiger partial charge >= 0.3 is 0 Å². The number of ether oxygens (including phenoxy) is 1. The van der Waals surface area contributed by atoms with Crippen LogP contribution >= 0.6 is 22.9 Å². The number of carbonyl (C=O) groups is 2. The molecule has 0 radical (unpaired) electrons. The lowest BCUT2D eigenvalue weighted by molar-refractivity contribution is -0.123. The first kappa shape index (κ1) is 18.3. The number of hydrogen-bond acceptors (Lipinski definition) is 4. The summed E-state index contributed by atoms with van der Waals surface area (Å²) in [5.41, 5.74) is 6.77. The monoisotopic (exact) mass is 366 g/mol. The number of hydrazine groups is 1. The molecule has 0 saturated heterocycles. The van der Waals surface area contributed by atoms with Gasteiger partial charge in [-0.3, -0.25) is 20.4 Å². The highest BCUT2D eigenvalue weighted by Crippen LogP contribution is 2.25. The Hall–Kier alpha value is -2.05. The number of halogens is 1. The number of rotatable bonds is 5. The lowest BCUT2D eigenvalue weighted by atomic mass is 10.2. The zero-order valence-electron chi connectivity index (χ0n) is 13.7. The molecule has 0 aliphatic heterocycles. The van der Waals surface area contributed by atoms with Crippen molar-refractivity contribution in [2.45, 2.75) is 27.2 Å². The van der Waals surface area contributed by atoms with Crippen LogP contribution in [-0.4, -0.2) is 18.4 Å². The highest BCUT2D eigenvalue weighted by molar-refractivity contribution is 7.14. The van der Waals surface area contributed by atoms with Gasteiger partial charge in [0.15, 0.2) is 6.61 Å². The van der Waals surface area contributed by atoms with Crippen molar-refractivity contribution in [3.05, 3.63) is 50.2 Å². The summed E-state index contributed by atoms with van der Waals surface area (Å²) >= 11 is 7.41. The molecule has 0 unspecified atom stereocenters. The van der Waals surface area contributed by atoms with Crippen LogP contribution in [0.15, 0.2) is 24.3 Å². The molecule has 0 aliphatic carbocycles. The minimum Gasteiger partial charge on any atom is -0.482 e. The number of aryl methyl sites for hydroxylation is 3. The van der Waals surface area contributed by atoms with Gasteiger partial charge < -0.3 is 4.74 Å². The third kappa shape index (κ3) is 4.72. The van der Waals surface area contributed by atoms with Crippen molar-refractivity contribution in [3.63, 3.8) is 0 Å². The molecular weight excluding hydrogens is 348 g/mol. The topological polar surface area (TPSA) is 67.4 Å². The normalized spacial score (nSPS) is 10.3. The number of carbonyl (C=O) groups excluding carboxylic acids is 2. The van der Waals surface area contributed by atoms with Crippen LogP contribution in [0.3, 0.4) is 0 Å². The Morgan fingerprint density at radius 3 is 2.62 bits per heavy atom. The van der Waals surface area contributed by atoms with Crippen LogP contribution in [0.1, 0.15) is 32.6 Å². The maximum Gasteiger partial charge on any atom is 0.279 e. The van der Waals surface area contributed by atoms with Crippen molar-refractivity contribution < 1.29 is 14.3 Å². The summed E-state index contributed by atoms with van der Waals surface area (Å²) in [4.78, 5) is 25.5. The smallest absolute Gasteiger partial charge is 0.279 e. The molecule has 0 fully saturated rings. The fourth-order valence-corrected chi connectivity index (χ4v) is 3.25.